The number of unbranched alkanes of at least 4 members (excludes halogenated alkanes) is 2. The highest BCUT2D eigenvalue weighted by molar-refractivity contribution is 6.12. The highest BCUT2D eigenvalue weighted by Crippen LogP contribution is 2.38. The van der Waals surface area contributed by atoms with E-state index in [0.717, 1.165) is 4.90 Å². The van der Waals surface area contributed by atoms with Crippen molar-refractivity contribution in [1.82, 2.24) is 30.7 Å². The summed E-state index contributed by atoms with van der Waals surface area (Å²) >= 11 is 0. The Morgan fingerprint density at radius 1 is 0.867 bits per heavy atom. The van der Waals surface area contributed by atoms with E-state index in [1.807, 2.05) is 13.8 Å². The van der Waals surface area contributed by atoms with Crippen molar-refractivity contribution in [1.29, 1.82) is 0 Å². The van der Waals surface area contributed by atoms with Gasteiger partial charge in [0.05, 0.1) is 42.9 Å². The van der Waals surface area contributed by atoms with Crippen molar-refractivity contribution in [2.24, 2.45) is 17.6 Å². The standard InChI is InChI=1S/C63H90N8O19/c1-10-47(74)39(4)56-48(88-56)35-62(8,85)26-14-15-37(2)55-38(3)17-22-49(87-42(7)72)63(9,27-25-45(73)33-54(79)89-55)90-61(84)70-31-29-69(30-32-70)60(83)86-36-43-18-20-44(21-19-43)67-59(82)46(34-50(64)75)68-58(81)41(6)66-57(80)40(5)65-51(76)16-12-11-13-28-71-52(77)23-24-53(71)78/h14-15,17-24,26,38-41,45-49,55-56,73-74,85H,10-13,16,25,27-36H2,1-9H3,(H2,64,75)(H,65,76)(H,66,80)(H,67,82)(H,68,81)/b22-17+,26-14+,37-15+/t38-,39+,40-,41-,45+,46-,47-,48+,49-,55+,56+,62?,63+/m0/s1. The average Bonchev–Trinajstić information content (AvgIpc) is 1.70. The van der Waals surface area contributed by atoms with Crippen LogP contribution in [0.1, 0.15) is 132 Å². The van der Waals surface area contributed by atoms with Gasteiger partial charge in [0, 0.05) is 82.2 Å². The maximum Gasteiger partial charge on any atom is 0.410 e. The Hall–Kier alpha value is -8.01. The van der Waals surface area contributed by atoms with Crippen LogP contribution in [0, 0.1) is 11.8 Å². The van der Waals surface area contributed by atoms with Crippen molar-refractivity contribution in [3.05, 3.63) is 77.9 Å². The molecule has 13 atom stereocenters. The number of rotatable bonds is 27. The van der Waals surface area contributed by atoms with Crippen molar-refractivity contribution < 1.29 is 91.7 Å². The van der Waals surface area contributed by atoms with Crippen LogP contribution in [0.15, 0.2) is 72.4 Å². The van der Waals surface area contributed by atoms with Crippen molar-refractivity contribution in [2.75, 3.05) is 38.0 Å². The van der Waals surface area contributed by atoms with Gasteiger partial charge in [-0.1, -0.05) is 63.6 Å². The molecule has 4 aliphatic rings. The first kappa shape index (κ1) is 72.7. The molecule has 4 aliphatic heterocycles. The number of aliphatic hydroxyl groups excluding tert-OH is 2. The van der Waals surface area contributed by atoms with Gasteiger partial charge in [-0.05, 0) is 96.1 Å². The monoisotopic (exact) mass is 1260 g/mol. The number of hydrogen-bond donors (Lipinski definition) is 8. The molecule has 90 heavy (non-hydrogen) atoms. The van der Waals surface area contributed by atoms with Crippen LogP contribution in [0.2, 0.25) is 0 Å². The number of nitrogens with zero attached hydrogens (tertiary/aromatic N) is 3. The van der Waals surface area contributed by atoms with E-state index in [1.54, 1.807) is 70.2 Å². The number of benzene rings is 1. The number of allylic oxidation sites excluding steroid dienone is 2. The third-order valence-electron chi connectivity index (χ3n) is 16.1. The second-order valence-corrected chi connectivity index (χ2v) is 24.0. The first-order valence-electron chi connectivity index (χ1n) is 30.5. The summed E-state index contributed by atoms with van der Waals surface area (Å²) in [6.45, 7) is 14.8. The van der Waals surface area contributed by atoms with Gasteiger partial charge in [-0.2, -0.15) is 0 Å². The van der Waals surface area contributed by atoms with Gasteiger partial charge in [-0.3, -0.25) is 48.1 Å². The van der Waals surface area contributed by atoms with Crippen molar-refractivity contribution >= 4 is 71.2 Å². The minimum absolute atomic E-state index is 0.0361. The molecule has 5 rings (SSSR count). The number of aliphatic hydroxyl groups is 3. The van der Waals surface area contributed by atoms with Crippen LogP contribution < -0.4 is 27.0 Å². The molecule has 1 unspecified atom stereocenters. The van der Waals surface area contributed by atoms with E-state index in [0.29, 0.717) is 43.2 Å². The zero-order valence-electron chi connectivity index (χ0n) is 52.8. The summed E-state index contributed by atoms with van der Waals surface area (Å²) in [6, 6.07) is 2.42. The molecule has 0 aromatic heterocycles. The molecule has 27 heteroatoms. The molecular weight excluding hydrogens is 1170 g/mol. The topological polar surface area (TPSA) is 382 Å². The number of carbonyl (C=O) groups excluding carboxylic acids is 11. The van der Waals surface area contributed by atoms with E-state index in [2.05, 4.69) is 21.3 Å². The highest BCUT2D eigenvalue weighted by Gasteiger charge is 2.47. The zero-order valence-corrected chi connectivity index (χ0v) is 52.8. The average molecular weight is 1260 g/mol. The molecule has 0 aliphatic carbocycles. The number of epoxide rings is 1. The Balaban J connectivity index is 1.09. The van der Waals surface area contributed by atoms with Gasteiger partial charge in [0.1, 0.15) is 30.8 Å². The van der Waals surface area contributed by atoms with E-state index < -0.39 is 120 Å². The Bertz CT molecular complexity index is 2850. The minimum atomic E-state index is -1.56. The maximum atomic E-state index is 13.9. The fourth-order valence-electron chi connectivity index (χ4n) is 10.4. The Morgan fingerprint density at radius 3 is 2.11 bits per heavy atom. The maximum absolute atomic E-state index is 13.9. The molecule has 9 amide bonds. The summed E-state index contributed by atoms with van der Waals surface area (Å²) in [7, 11) is 0. The molecule has 9 N–H and O–H groups in total. The summed E-state index contributed by atoms with van der Waals surface area (Å²) in [5.74, 6) is -6.40. The summed E-state index contributed by atoms with van der Waals surface area (Å²) < 4.78 is 29.2. The van der Waals surface area contributed by atoms with E-state index in [-0.39, 0.29) is 101 Å². The molecule has 1 aromatic carbocycles. The molecule has 4 heterocycles. The molecular formula is C63H90N8O19. The van der Waals surface area contributed by atoms with Crippen LogP contribution in [0.3, 0.4) is 0 Å². The van der Waals surface area contributed by atoms with Crippen LogP contribution in [0.4, 0.5) is 15.3 Å². The Labute approximate surface area is 524 Å². The van der Waals surface area contributed by atoms with Crippen LogP contribution in [-0.2, 0) is 73.4 Å². The lowest BCUT2D eigenvalue weighted by Gasteiger charge is -2.39. The van der Waals surface area contributed by atoms with Crippen molar-refractivity contribution in [3.8, 4) is 0 Å². The summed E-state index contributed by atoms with van der Waals surface area (Å²) in [4.78, 5) is 144. The second-order valence-electron chi connectivity index (χ2n) is 24.0. The van der Waals surface area contributed by atoms with Gasteiger partial charge in [-0.25, -0.2) is 9.59 Å². The fraction of sp³-hybridized carbons (Fsp3) is 0.603. The SMILES string of the molecule is CC[C@H](O)[C@@H](C)[C@H]1O[C@@H]1CC(C)(O)/C=C/C=C(\C)[C@H]1OC(=O)C[C@H](O)CC[C@@](C)(OC(=O)N2CCN(C(=O)OCc3ccc(NC(=O)[C@H](CC(N)=O)NC(=O)[C@H](C)NC(=O)[C@H](C)NC(=O)CCCCCN4C(=O)C=CC4=O)cc3)CC2)[C@@H](OC(C)=O)/C=C/[C@@H]1C. The van der Waals surface area contributed by atoms with Gasteiger partial charge in [0.15, 0.2) is 11.7 Å². The molecule has 496 valence electrons. The lowest BCUT2D eigenvalue weighted by atomic mass is 9.88. The first-order chi connectivity index (χ1) is 42.4. The number of carbonyl (C=O) groups is 11. The Kier molecular flexibility index (Phi) is 27.2. The summed E-state index contributed by atoms with van der Waals surface area (Å²) in [6.07, 6.45) is 6.43. The molecule has 0 radical (unpaired) electrons. The summed E-state index contributed by atoms with van der Waals surface area (Å²) in [5.41, 5.74) is 3.96. The molecule has 0 spiro atoms. The van der Waals surface area contributed by atoms with Gasteiger partial charge in [-0.15, -0.1) is 0 Å². The molecule has 0 saturated carbocycles. The van der Waals surface area contributed by atoms with E-state index in [9.17, 15) is 68.1 Å². The van der Waals surface area contributed by atoms with Gasteiger partial charge in [0.2, 0.25) is 29.5 Å². The molecule has 2 saturated heterocycles. The van der Waals surface area contributed by atoms with Gasteiger partial charge in [0.25, 0.3) is 11.8 Å². The van der Waals surface area contributed by atoms with Crippen LogP contribution in [0.25, 0.3) is 0 Å². The molecule has 27 nitrogen and oxygen atoms in total. The van der Waals surface area contributed by atoms with Crippen LogP contribution >= 0.6 is 0 Å². The number of piperazine rings is 1. The number of nitrogens with one attached hydrogen (secondary N) is 4. The minimum Gasteiger partial charge on any atom is -0.457 e. The smallest absolute Gasteiger partial charge is 0.410 e. The fourth-order valence-corrected chi connectivity index (χ4v) is 10.4. The van der Waals surface area contributed by atoms with Gasteiger partial charge < -0.3 is 75.8 Å². The van der Waals surface area contributed by atoms with E-state index >= 15 is 0 Å². The van der Waals surface area contributed by atoms with Crippen LogP contribution in [-0.4, -0.2) is 194 Å². The molecule has 1 aromatic rings. The zero-order chi connectivity index (χ0) is 66.6. The number of amides is 9. The number of hydrogen-bond acceptors (Lipinski definition) is 19. The van der Waals surface area contributed by atoms with E-state index in [1.165, 1.54) is 54.9 Å². The summed E-state index contributed by atoms with van der Waals surface area (Å²) in [5, 5.41) is 42.5. The lowest BCUT2D eigenvalue weighted by Crippen LogP contribution is -2.55. The predicted molar refractivity (Wildman–Crippen MR) is 324 cm³/mol. The quantitative estimate of drug-likeness (QED) is 0.0119. The van der Waals surface area contributed by atoms with Gasteiger partial charge >= 0.3 is 24.1 Å². The second kappa shape index (κ2) is 33.7. The first-order valence-corrected chi connectivity index (χ1v) is 30.5. The normalized spacial score (nSPS) is 25.0. The van der Waals surface area contributed by atoms with Crippen LogP contribution in [0.5, 0.6) is 0 Å². The number of primary amides is 1. The number of anilines is 1. The number of imide groups is 1. The highest BCUT2D eigenvalue weighted by atomic mass is 16.6. The lowest BCUT2D eigenvalue weighted by molar-refractivity contribution is -0.158. The number of ether oxygens (including phenoxy) is 5. The molecule has 0 bridgehead atoms. The number of cyclic esters (lactones) is 1. The predicted octanol–water partition coefficient (Wildman–Crippen LogP) is 3.03. The van der Waals surface area contributed by atoms with Crippen molar-refractivity contribution in [2.45, 2.75) is 199 Å². The third kappa shape index (κ3) is 22.8. The Morgan fingerprint density at radius 2 is 1.49 bits per heavy atom. The van der Waals surface area contributed by atoms with Crippen molar-refractivity contribution in [3.63, 3.8) is 0 Å². The molecule has 2 fully saturated rings. The largest absolute Gasteiger partial charge is 0.457 e. The van der Waals surface area contributed by atoms with E-state index in [4.69, 9.17) is 29.4 Å². The number of esters is 2. The number of nitrogens with two attached hydrogens (primary N) is 1. The third-order valence-corrected chi connectivity index (χ3v) is 16.1.